The Kier molecular flexibility index (Phi) is 6.81. The van der Waals surface area contributed by atoms with Crippen LogP contribution in [-0.4, -0.2) is 43.2 Å². The monoisotopic (exact) mass is 282 g/mol. The lowest BCUT2D eigenvalue weighted by atomic mass is 10.2. The fourth-order valence-electron chi connectivity index (χ4n) is 1.01. The second kappa shape index (κ2) is 7.29. The Labute approximate surface area is 106 Å². The average molecular weight is 282 g/mol. The van der Waals surface area contributed by atoms with Gasteiger partial charge < -0.3 is 10.2 Å². The number of carboxylic acid groups (broad SMARTS) is 2. The van der Waals surface area contributed by atoms with Gasteiger partial charge in [0.1, 0.15) is 6.04 Å². The third-order valence-electron chi connectivity index (χ3n) is 1.92. The summed E-state index contributed by atoms with van der Waals surface area (Å²) < 4.78 is 27.0. The van der Waals surface area contributed by atoms with Gasteiger partial charge >= 0.3 is 11.9 Å². The van der Waals surface area contributed by atoms with E-state index in [1.165, 1.54) is 0 Å². The molecule has 0 unspecified atom stereocenters. The van der Waals surface area contributed by atoms with E-state index in [2.05, 4.69) is 4.72 Å². The lowest BCUT2D eigenvalue weighted by Gasteiger charge is -2.15. The van der Waals surface area contributed by atoms with E-state index in [1.807, 2.05) is 4.72 Å². The van der Waals surface area contributed by atoms with Gasteiger partial charge in [0.2, 0.25) is 0 Å². The smallest absolute Gasteiger partial charge is 0.321 e. The van der Waals surface area contributed by atoms with Crippen molar-refractivity contribution in [3.05, 3.63) is 0 Å². The molecule has 0 amide bonds. The van der Waals surface area contributed by atoms with Crippen LogP contribution in [0.5, 0.6) is 0 Å². The summed E-state index contributed by atoms with van der Waals surface area (Å²) in [7, 11) is -3.94. The number of nitrogens with one attached hydrogen (secondary N) is 2. The molecule has 0 radical (unpaired) electrons. The molecule has 0 aromatic heterocycles. The van der Waals surface area contributed by atoms with E-state index in [-0.39, 0.29) is 18.9 Å². The van der Waals surface area contributed by atoms with Crippen molar-refractivity contribution in [3.63, 3.8) is 0 Å². The highest BCUT2D eigenvalue weighted by Crippen LogP contribution is 2.00. The topological polar surface area (TPSA) is 133 Å². The van der Waals surface area contributed by atoms with Gasteiger partial charge in [-0.15, -0.1) is 0 Å². The normalized spacial score (nSPS) is 13.5. The largest absolute Gasteiger partial charge is 0.481 e. The van der Waals surface area contributed by atoms with Crippen molar-refractivity contribution in [2.45, 2.75) is 32.7 Å². The summed E-state index contributed by atoms with van der Waals surface area (Å²) in [5.74, 6) is -2.52. The maximum Gasteiger partial charge on any atom is 0.321 e. The molecule has 8 nitrogen and oxygen atoms in total. The first-order chi connectivity index (χ1) is 8.14. The van der Waals surface area contributed by atoms with Crippen LogP contribution < -0.4 is 9.44 Å². The Balaban J connectivity index is 4.47. The van der Waals surface area contributed by atoms with Crippen molar-refractivity contribution in [3.8, 4) is 0 Å². The van der Waals surface area contributed by atoms with Crippen molar-refractivity contribution < 1.29 is 28.2 Å². The number of carbonyl (C=O) groups is 2. The highest BCUT2D eigenvalue weighted by molar-refractivity contribution is 7.87. The molecular formula is C9H18N2O6S. The van der Waals surface area contributed by atoms with E-state index in [4.69, 9.17) is 10.2 Å². The SMILES string of the molecule is CC(C)CNS(=O)(=O)N[C@@H](CCC(=O)O)C(=O)O. The van der Waals surface area contributed by atoms with Gasteiger partial charge in [-0.3, -0.25) is 9.59 Å². The molecule has 0 aromatic carbocycles. The van der Waals surface area contributed by atoms with Gasteiger partial charge in [0, 0.05) is 13.0 Å². The maximum absolute atomic E-state index is 11.5. The summed E-state index contributed by atoms with van der Waals surface area (Å²) in [5, 5.41) is 17.2. The van der Waals surface area contributed by atoms with Crippen molar-refractivity contribution in [1.29, 1.82) is 0 Å². The summed E-state index contributed by atoms with van der Waals surface area (Å²) in [6.07, 6.45) is -0.739. The van der Waals surface area contributed by atoms with Gasteiger partial charge in [0.15, 0.2) is 0 Å². The molecule has 0 saturated carbocycles. The van der Waals surface area contributed by atoms with Crippen LogP contribution >= 0.6 is 0 Å². The summed E-state index contributed by atoms with van der Waals surface area (Å²) in [4.78, 5) is 21.1. The maximum atomic E-state index is 11.5. The van der Waals surface area contributed by atoms with Gasteiger partial charge in [0.25, 0.3) is 10.2 Å². The molecule has 0 heterocycles. The van der Waals surface area contributed by atoms with E-state index in [1.54, 1.807) is 13.8 Å². The van der Waals surface area contributed by atoms with Crippen LogP contribution in [0.1, 0.15) is 26.7 Å². The first-order valence-electron chi connectivity index (χ1n) is 5.35. The Morgan fingerprint density at radius 2 is 1.78 bits per heavy atom. The Morgan fingerprint density at radius 3 is 2.17 bits per heavy atom. The third kappa shape index (κ3) is 7.98. The molecule has 1 atom stereocenters. The van der Waals surface area contributed by atoms with Crippen LogP contribution in [0, 0.1) is 5.92 Å². The molecule has 18 heavy (non-hydrogen) atoms. The average Bonchev–Trinajstić information content (AvgIpc) is 2.21. The van der Waals surface area contributed by atoms with Crippen LogP contribution in [-0.2, 0) is 19.8 Å². The molecule has 0 spiro atoms. The Morgan fingerprint density at radius 1 is 1.22 bits per heavy atom. The highest BCUT2D eigenvalue weighted by atomic mass is 32.2. The molecule has 4 N–H and O–H groups in total. The van der Waals surface area contributed by atoms with E-state index >= 15 is 0 Å². The van der Waals surface area contributed by atoms with Crippen molar-refractivity contribution in [2.24, 2.45) is 5.92 Å². The molecule has 0 aliphatic heterocycles. The fraction of sp³-hybridized carbons (Fsp3) is 0.778. The first kappa shape index (κ1) is 16.8. The minimum Gasteiger partial charge on any atom is -0.481 e. The molecule has 0 aromatic rings. The Hall–Kier alpha value is -1.19. The second-order valence-corrected chi connectivity index (χ2v) is 5.72. The number of rotatable bonds is 9. The van der Waals surface area contributed by atoms with Crippen LogP contribution in [0.2, 0.25) is 0 Å². The predicted octanol–water partition coefficient (Wildman–Crippen LogP) is -0.616. The molecule has 0 bridgehead atoms. The van der Waals surface area contributed by atoms with Gasteiger partial charge in [0.05, 0.1) is 0 Å². The van der Waals surface area contributed by atoms with E-state index < -0.39 is 34.6 Å². The Bertz CT molecular complexity index is 392. The van der Waals surface area contributed by atoms with Crippen LogP contribution in [0.25, 0.3) is 0 Å². The zero-order valence-corrected chi connectivity index (χ0v) is 11.0. The van der Waals surface area contributed by atoms with Crippen molar-refractivity contribution in [2.75, 3.05) is 6.54 Å². The second-order valence-electron chi connectivity index (χ2n) is 4.19. The number of carboxylic acids is 2. The number of hydrogen-bond donors (Lipinski definition) is 4. The molecule has 0 rings (SSSR count). The zero-order chi connectivity index (χ0) is 14.3. The van der Waals surface area contributed by atoms with Crippen LogP contribution in [0.4, 0.5) is 0 Å². The molecule has 0 aliphatic carbocycles. The van der Waals surface area contributed by atoms with Gasteiger partial charge in [-0.2, -0.15) is 13.1 Å². The molecule has 9 heteroatoms. The summed E-state index contributed by atoms with van der Waals surface area (Å²) >= 11 is 0. The lowest BCUT2D eigenvalue weighted by Crippen LogP contribution is -2.47. The standard InChI is InChI=1S/C9H18N2O6S/c1-6(2)5-10-18(16,17)11-7(9(14)15)3-4-8(12)13/h6-7,10-11H,3-5H2,1-2H3,(H,12,13)(H,14,15)/t7-/m0/s1. The van der Waals surface area contributed by atoms with Crippen molar-refractivity contribution in [1.82, 2.24) is 9.44 Å². The molecule has 106 valence electrons. The number of aliphatic carboxylic acids is 2. The van der Waals surface area contributed by atoms with Gasteiger partial charge in [-0.25, -0.2) is 4.72 Å². The minimum absolute atomic E-state index is 0.0730. The predicted molar refractivity (Wildman–Crippen MR) is 63.2 cm³/mol. The molecule has 0 fully saturated rings. The van der Waals surface area contributed by atoms with Crippen LogP contribution in [0.15, 0.2) is 0 Å². The quantitative estimate of drug-likeness (QED) is 0.445. The van der Waals surface area contributed by atoms with Crippen LogP contribution in [0.3, 0.4) is 0 Å². The van der Waals surface area contributed by atoms with E-state index in [9.17, 15) is 18.0 Å². The first-order valence-corrected chi connectivity index (χ1v) is 6.84. The minimum atomic E-state index is -3.94. The molecule has 0 saturated heterocycles. The number of hydrogen-bond acceptors (Lipinski definition) is 4. The molecule has 0 aliphatic rings. The third-order valence-corrected chi connectivity index (χ3v) is 3.07. The molecular weight excluding hydrogens is 264 g/mol. The zero-order valence-electron chi connectivity index (χ0n) is 10.2. The fourth-order valence-corrected chi connectivity index (χ4v) is 2.24. The van der Waals surface area contributed by atoms with Gasteiger partial charge in [-0.1, -0.05) is 13.8 Å². The lowest BCUT2D eigenvalue weighted by molar-refractivity contribution is -0.140. The van der Waals surface area contributed by atoms with E-state index in [0.29, 0.717) is 0 Å². The van der Waals surface area contributed by atoms with Gasteiger partial charge in [-0.05, 0) is 12.3 Å². The summed E-state index contributed by atoms with van der Waals surface area (Å²) in [6, 6.07) is -1.45. The highest BCUT2D eigenvalue weighted by Gasteiger charge is 2.24. The van der Waals surface area contributed by atoms with E-state index in [0.717, 1.165) is 0 Å². The van der Waals surface area contributed by atoms with Crippen molar-refractivity contribution >= 4 is 22.1 Å². The summed E-state index contributed by atoms with van der Waals surface area (Å²) in [6.45, 7) is 3.75. The summed E-state index contributed by atoms with van der Waals surface area (Å²) in [5.41, 5.74) is 0.